The average molecular weight is 473 g/mol. The number of nitrogens with one attached hydrogen (secondary N) is 2. The van der Waals surface area contributed by atoms with E-state index in [1.165, 1.54) is 11.3 Å². The molecule has 5 rings (SSSR count). The standard InChI is InChI=1S/C27H32N6O2/c1-4-20-15-21(26(34)29-18(2)3)7-8-23(20)32-12-10-31(11-13-32)17-19-14-22-25(28-16-19)24-6-5-9-33(24)27(35)30-22/h5-9,14-16,18H,4,10-13,17H2,1-3H3,(H,29,34)(H,30,35). The molecule has 3 aromatic heterocycles. The van der Waals surface area contributed by atoms with Gasteiger partial charge in [-0.3, -0.25) is 19.1 Å². The van der Waals surface area contributed by atoms with Crippen LogP contribution >= 0.6 is 0 Å². The van der Waals surface area contributed by atoms with E-state index in [1.54, 1.807) is 10.6 Å². The Morgan fingerprint density at radius 2 is 1.94 bits per heavy atom. The van der Waals surface area contributed by atoms with E-state index in [4.69, 9.17) is 0 Å². The van der Waals surface area contributed by atoms with Crippen molar-refractivity contribution in [3.8, 4) is 0 Å². The molecule has 1 aliphatic rings. The molecule has 0 spiro atoms. The molecule has 0 aliphatic carbocycles. The van der Waals surface area contributed by atoms with Gasteiger partial charge in [0, 0.05) is 62.4 Å². The summed E-state index contributed by atoms with van der Waals surface area (Å²) in [5, 5.41) is 2.97. The van der Waals surface area contributed by atoms with Gasteiger partial charge in [-0.2, -0.15) is 0 Å². The van der Waals surface area contributed by atoms with Gasteiger partial charge in [0.15, 0.2) is 0 Å². The van der Waals surface area contributed by atoms with E-state index >= 15 is 0 Å². The van der Waals surface area contributed by atoms with Gasteiger partial charge in [-0.15, -0.1) is 0 Å². The third kappa shape index (κ3) is 4.66. The summed E-state index contributed by atoms with van der Waals surface area (Å²) in [5.74, 6) is -0.0193. The third-order valence-corrected chi connectivity index (χ3v) is 6.66. The number of anilines is 1. The Balaban J connectivity index is 1.26. The summed E-state index contributed by atoms with van der Waals surface area (Å²) in [4.78, 5) is 37.2. The molecule has 4 aromatic rings. The minimum absolute atomic E-state index is 0.0193. The van der Waals surface area contributed by atoms with Gasteiger partial charge in [-0.1, -0.05) is 6.92 Å². The number of carbonyl (C=O) groups is 1. The molecule has 0 saturated carbocycles. The lowest BCUT2D eigenvalue weighted by molar-refractivity contribution is 0.0943. The van der Waals surface area contributed by atoms with Crippen molar-refractivity contribution in [2.24, 2.45) is 0 Å². The maximum atomic E-state index is 12.4. The van der Waals surface area contributed by atoms with E-state index in [1.807, 2.05) is 50.4 Å². The quantitative estimate of drug-likeness (QED) is 0.450. The van der Waals surface area contributed by atoms with Gasteiger partial charge < -0.3 is 15.2 Å². The third-order valence-electron chi connectivity index (χ3n) is 6.66. The van der Waals surface area contributed by atoms with Crippen LogP contribution in [0.5, 0.6) is 0 Å². The first-order chi connectivity index (χ1) is 16.9. The Kier molecular flexibility index (Phi) is 6.30. The molecule has 1 amide bonds. The number of benzene rings is 1. The fourth-order valence-electron chi connectivity index (χ4n) is 4.89. The minimum Gasteiger partial charge on any atom is -0.369 e. The lowest BCUT2D eigenvalue weighted by Gasteiger charge is -2.37. The van der Waals surface area contributed by atoms with Crippen LogP contribution in [0.3, 0.4) is 0 Å². The molecular weight excluding hydrogens is 440 g/mol. The molecule has 8 heteroatoms. The number of amides is 1. The molecule has 182 valence electrons. The van der Waals surface area contributed by atoms with Crippen molar-refractivity contribution in [1.29, 1.82) is 0 Å². The summed E-state index contributed by atoms with van der Waals surface area (Å²) >= 11 is 0. The molecule has 1 fully saturated rings. The van der Waals surface area contributed by atoms with Gasteiger partial charge >= 0.3 is 5.69 Å². The summed E-state index contributed by atoms with van der Waals surface area (Å²) in [7, 11) is 0. The number of hydrogen-bond acceptors (Lipinski definition) is 5. The summed E-state index contributed by atoms with van der Waals surface area (Å²) in [6.45, 7) is 10.6. The van der Waals surface area contributed by atoms with Crippen LogP contribution in [0, 0.1) is 0 Å². The first-order valence-electron chi connectivity index (χ1n) is 12.3. The molecule has 1 saturated heterocycles. The van der Waals surface area contributed by atoms with E-state index < -0.39 is 0 Å². The number of aromatic amines is 1. The lowest BCUT2D eigenvalue weighted by atomic mass is 10.0. The zero-order chi connectivity index (χ0) is 24.5. The van der Waals surface area contributed by atoms with E-state index in [2.05, 4.69) is 38.1 Å². The topological polar surface area (TPSA) is 85.7 Å². The zero-order valence-electron chi connectivity index (χ0n) is 20.5. The van der Waals surface area contributed by atoms with Crippen LogP contribution in [-0.2, 0) is 13.0 Å². The fraction of sp³-hybridized carbons (Fsp3) is 0.370. The predicted molar refractivity (Wildman–Crippen MR) is 139 cm³/mol. The Bertz CT molecular complexity index is 1430. The average Bonchev–Trinajstić information content (AvgIpc) is 3.35. The van der Waals surface area contributed by atoms with Crippen molar-refractivity contribution < 1.29 is 4.79 Å². The molecule has 0 radical (unpaired) electrons. The second-order valence-corrected chi connectivity index (χ2v) is 9.52. The molecule has 0 atom stereocenters. The van der Waals surface area contributed by atoms with Gasteiger partial charge in [0.05, 0.1) is 11.0 Å². The van der Waals surface area contributed by atoms with E-state index in [0.29, 0.717) is 0 Å². The number of fused-ring (bicyclic) bond motifs is 3. The SMILES string of the molecule is CCc1cc(C(=O)NC(C)C)ccc1N1CCN(Cc2cnc3c(c2)[nH]c(=O)n2cccc32)CC1. The molecule has 2 N–H and O–H groups in total. The van der Waals surface area contributed by atoms with Gasteiger partial charge in [0.25, 0.3) is 5.91 Å². The molecule has 8 nitrogen and oxygen atoms in total. The Morgan fingerprint density at radius 3 is 2.69 bits per heavy atom. The highest BCUT2D eigenvalue weighted by Gasteiger charge is 2.20. The van der Waals surface area contributed by atoms with E-state index in [-0.39, 0.29) is 17.6 Å². The number of H-pyrrole nitrogens is 1. The molecule has 1 aliphatic heterocycles. The minimum atomic E-state index is -0.149. The van der Waals surface area contributed by atoms with Crippen LogP contribution < -0.4 is 15.9 Å². The van der Waals surface area contributed by atoms with E-state index in [0.717, 1.165) is 66.8 Å². The monoisotopic (exact) mass is 472 g/mol. The number of pyridine rings is 1. The maximum Gasteiger partial charge on any atom is 0.330 e. The number of rotatable bonds is 6. The highest BCUT2D eigenvalue weighted by molar-refractivity contribution is 5.95. The van der Waals surface area contributed by atoms with Crippen molar-refractivity contribution >= 4 is 28.1 Å². The second kappa shape index (κ2) is 9.54. The first-order valence-corrected chi connectivity index (χ1v) is 12.3. The van der Waals surface area contributed by atoms with Crippen molar-refractivity contribution in [2.45, 2.75) is 39.8 Å². The van der Waals surface area contributed by atoms with Crippen LogP contribution in [0.25, 0.3) is 16.6 Å². The van der Waals surface area contributed by atoms with Gasteiger partial charge in [0.1, 0.15) is 5.52 Å². The van der Waals surface area contributed by atoms with Crippen LogP contribution in [0.2, 0.25) is 0 Å². The second-order valence-electron chi connectivity index (χ2n) is 9.52. The maximum absolute atomic E-state index is 12.4. The molecular formula is C27H32N6O2. The summed E-state index contributed by atoms with van der Waals surface area (Å²) in [5.41, 5.74) is 6.48. The van der Waals surface area contributed by atoms with Crippen LogP contribution in [0.15, 0.2) is 53.6 Å². The Morgan fingerprint density at radius 1 is 1.14 bits per heavy atom. The Hall–Kier alpha value is -3.65. The smallest absolute Gasteiger partial charge is 0.330 e. The normalized spacial score (nSPS) is 14.8. The van der Waals surface area contributed by atoms with Crippen molar-refractivity contribution in [2.75, 3.05) is 31.1 Å². The number of aryl methyl sites for hydroxylation is 1. The molecule has 1 aromatic carbocycles. The van der Waals surface area contributed by atoms with Crippen LogP contribution in [0.1, 0.15) is 42.3 Å². The van der Waals surface area contributed by atoms with Crippen molar-refractivity contribution in [3.63, 3.8) is 0 Å². The first kappa shape index (κ1) is 23.1. The van der Waals surface area contributed by atoms with E-state index in [9.17, 15) is 9.59 Å². The summed E-state index contributed by atoms with van der Waals surface area (Å²) in [6.07, 6.45) is 4.55. The number of nitrogens with zero attached hydrogens (tertiary/aromatic N) is 4. The summed E-state index contributed by atoms with van der Waals surface area (Å²) < 4.78 is 1.59. The number of hydrogen-bond donors (Lipinski definition) is 2. The van der Waals surface area contributed by atoms with Gasteiger partial charge in [-0.05, 0) is 67.8 Å². The molecule has 0 unspecified atom stereocenters. The van der Waals surface area contributed by atoms with Gasteiger partial charge in [0.2, 0.25) is 0 Å². The highest BCUT2D eigenvalue weighted by atomic mass is 16.2. The zero-order valence-corrected chi connectivity index (χ0v) is 20.5. The number of piperazine rings is 1. The molecule has 0 bridgehead atoms. The molecule has 35 heavy (non-hydrogen) atoms. The number of aromatic nitrogens is 3. The largest absolute Gasteiger partial charge is 0.369 e. The van der Waals surface area contributed by atoms with Crippen LogP contribution in [0.4, 0.5) is 5.69 Å². The lowest BCUT2D eigenvalue weighted by Crippen LogP contribution is -2.46. The van der Waals surface area contributed by atoms with Crippen molar-refractivity contribution in [1.82, 2.24) is 24.6 Å². The summed E-state index contributed by atoms with van der Waals surface area (Å²) in [6, 6.07) is 12.0. The van der Waals surface area contributed by atoms with Crippen LogP contribution in [-0.4, -0.2) is 57.4 Å². The Labute approximate surface area is 204 Å². The highest BCUT2D eigenvalue weighted by Crippen LogP contribution is 2.25. The van der Waals surface area contributed by atoms with Crippen molar-refractivity contribution in [3.05, 3.63) is 76.0 Å². The molecule has 4 heterocycles. The fourth-order valence-corrected chi connectivity index (χ4v) is 4.89. The van der Waals surface area contributed by atoms with Gasteiger partial charge in [-0.25, -0.2) is 4.79 Å². The predicted octanol–water partition coefficient (Wildman–Crippen LogP) is 3.20. The number of carbonyl (C=O) groups excluding carboxylic acids is 1.